The van der Waals surface area contributed by atoms with Gasteiger partial charge >= 0.3 is 0 Å². The van der Waals surface area contributed by atoms with Gasteiger partial charge < -0.3 is 5.32 Å². The Morgan fingerprint density at radius 3 is 2.74 bits per heavy atom. The second-order valence-electron chi connectivity index (χ2n) is 6.93. The first-order valence-corrected chi connectivity index (χ1v) is 9.88. The van der Waals surface area contributed by atoms with Crippen LogP contribution in [0.25, 0.3) is 10.6 Å². The van der Waals surface area contributed by atoms with Crippen molar-refractivity contribution >= 4 is 28.7 Å². The standard InChI is InChI=1S/C22H20N2O2S/c1-14-5-8-16(19(25)12-15-6-7-15)13-18(14)24-22(26)21-10-9-20(27-21)17-4-2-3-11-23-17/h2-5,8-11,13,15H,6-7,12H2,1H3,(H,24,26). The number of amides is 1. The number of aromatic nitrogens is 1. The third-order valence-electron chi connectivity index (χ3n) is 4.73. The van der Waals surface area contributed by atoms with Crippen molar-refractivity contribution in [3.8, 4) is 10.6 Å². The number of aryl methyl sites for hydroxylation is 1. The van der Waals surface area contributed by atoms with Crippen LogP contribution in [-0.2, 0) is 0 Å². The number of benzene rings is 1. The molecule has 0 atom stereocenters. The number of carbonyl (C=O) groups is 2. The van der Waals surface area contributed by atoms with Gasteiger partial charge in [0.1, 0.15) is 0 Å². The largest absolute Gasteiger partial charge is 0.321 e. The molecule has 2 heterocycles. The Hall–Kier alpha value is -2.79. The Kier molecular flexibility index (Phi) is 4.86. The third-order valence-corrected chi connectivity index (χ3v) is 5.83. The minimum absolute atomic E-state index is 0.154. The van der Waals surface area contributed by atoms with E-state index in [4.69, 9.17) is 0 Å². The number of hydrogen-bond acceptors (Lipinski definition) is 4. The predicted molar refractivity (Wildman–Crippen MR) is 108 cm³/mol. The lowest BCUT2D eigenvalue weighted by atomic mass is 10.0. The first-order chi connectivity index (χ1) is 13.1. The molecule has 1 aliphatic carbocycles. The molecule has 2 aromatic heterocycles. The summed E-state index contributed by atoms with van der Waals surface area (Å²) in [5.41, 5.74) is 3.15. The number of carbonyl (C=O) groups excluding carboxylic acids is 2. The number of anilines is 1. The maximum absolute atomic E-state index is 12.7. The van der Waals surface area contributed by atoms with Crippen molar-refractivity contribution in [2.24, 2.45) is 5.92 Å². The van der Waals surface area contributed by atoms with Gasteiger partial charge in [0.15, 0.2) is 5.78 Å². The Balaban J connectivity index is 1.51. The zero-order valence-corrected chi connectivity index (χ0v) is 15.9. The van der Waals surface area contributed by atoms with E-state index < -0.39 is 0 Å². The molecule has 0 saturated heterocycles. The molecule has 136 valence electrons. The lowest BCUT2D eigenvalue weighted by molar-refractivity contribution is 0.0974. The van der Waals surface area contributed by atoms with Gasteiger partial charge in [-0.05, 0) is 61.6 Å². The van der Waals surface area contributed by atoms with Gasteiger partial charge in [0.2, 0.25) is 0 Å². The number of Topliss-reactive ketones (excluding diaryl/α,β-unsaturated/α-hetero) is 1. The van der Waals surface area contributed by atoms with E-state index >= 15 is 0 Å². The number of hydrogen-bond donors (Lipinski definition) is 1. The molecule has 1 amide bonds. The molecule has 3 aromatic rings. The maximum atomic E-state index is 12.7. The lowest BCUT2D eigenvalue weighted by Crippen LogP contribution is -2.12. The maximum Gasteiger partial charge on any atom is 0.265 e. The fourth-order valence-electron chi connectivity index (χ4n) is 2.92. The predicted octanol–water partition coefficient (Wildman–Crippen LogP) is 5.35. The van der Waals surface area contributed by atoms with Gasteiger partial charge in [0.05, 0.1) is 15.4 Å². The van der Waals surface area contributed by atoms with Crippen LogP contribution in [0.4, 0.5) is 5.69 Å². The molecule has 1 aromatic carbocycles. The highest BCUT2D eigenvalue weighted by Gasteiger charge is 2.25. The van der Waals surface area contributed by atoms with Gasteiger partial charge in [0.25, 0.3) is 5.91 Å². The molecule has 1 saturated carbocycles. The van der Waals surface area contributed by atoms with Gasteiger partial charge in [-0.2, -0.15) is 0 Å². The number of rotatable bonds is 6. The Labute approximate surface area is 162 Å². The van der Waals surface area contributed by atoms with E-state index in [-0.39, 0.29) is 11.7 Å². The summed E-state index contributed by atoms with van der Waals surface area (Å²) >= 11 is 1.40. The summed E-state index contributed by atoms with van der Waals surface area (Å²) in [6, 6.07) is 15.0. The number of thiophene rings is 1. The molecule has 1 aliphatic rings. The highest BCUT2D eigenvalue weighted by atomic mass is 32.1. The lowest BCUT2D eigenvalue weighted by Gasteiger charge is -2.09. The minimum Gasteiger partial charge on any atom is -0.321 e. The molecule has 4 nitrogen and oxygen atoms in total. The van der Waals surface area contributed by atoms with Crippen molar-refractivity contribution in [1.82, 2.24) is 4.98 Å². The molecule has 0 spiro atoms. The van der Waals surface area contributed by atoms with Crippen LogP contribution < -0.4 is 5.32 Å². The molecule has 4 rings (SSSR count). The fraction of sp³-hybridized carbons (Fsp3) is 0.227. The van der Waals surface area contributed by atoms with E-state index in [9.17, 15) is 9.59 Å². The van der Waals surface area contributed by atoms with Crippen LogP contribution in [0.2, 0.25) is 0 Å². The SMILES string of the molecule is Cc1ccc(C(=O)CC2CC2)cc1NC(=O)c1ccc(-c2ccccn2)s1. The van der Waals surface area contributed by atoms with E-state index in [1.165, 1.54) is 11.3 Å². The summed E-state index contributed by atoms with van der Waals surface area (Å²) in [6.45, 7) is 1.93. The summed E-state index contributed by atoms with van der Waals surface area (Å²) in [6.07, 6.45) is 4.65. The first-order valence-electron chi connectivity index (χ1n) is 9.06. The van der Waals surface area contributed by atoms with Crippen molar-refractivity contribution < 1.29 is 9.59 Å². The molecule has 5 heteroatoms. The summed E-state index contributed by atoms with van der Waals surface area (Å²) in [5, 5.41) is 2.95. The smallest absolute Gasteiger partial charge is 0.265 e. The summed E-state index contributed by atoms with van der Waals surface area (Å²) in [7, 11) is 0. The van der Waals surface area contributed by atoms with Gasteiger partial charge in [-0.15, -0.1) is 11.3 Å². The zero-order valence-electron chi connectivity index (χ0n) is 15.1. The number of ketones is 1. The Morgan fingerprint density at radius 1 is 1.15 bits per heavy atom. The number of pyridine rings is 1. The highest BCUT2D eigenvalue weighted by Crippen LogP contribution is 2.34. The molecule has 27 heavy (non-hydrogen) atoms. The Morgan fingerprint density at radius 2 is 2.00 bits per heavy atom. The van der Waals surface area contributed by atoms with E-state index in [1.807, 2.05) is 43.3 Å². The van der Waals surface area contributed by atoms with Crippen molar-refractivity contribution in [3.63, 3.8) is 0 Å². The second-order valence-corrected chi connectivity index (χ2v) is 8.02. The quantitative estimate of drug-likeness (QED) is 0.590. The number of nitrogens with one attached hydrogen (secondary N) is 1. The van der Waals surface area contributed by atoms with Crippen LogP contribution in [0.3, 0.4) is 0 Å². The molecule has 0 aliphatic heterocycles. The molecular formula is C22H20N2O2S. The van der Waals surface area contributed by atoms with Gasteiger partial charge in [-0.1, -0.05) is 18.2 Å². The van der Waals surface area contributed by atoms with E-state index in [0.29, 0.717) is 28.5 Å². The Bertz CT molecular complexity index is 991. The molecule has 1 N–H and O–H groups in total. The molecule has 0 unspecified atom stereocenters. The van der Waals surface area contributed by atoms with Gasteiger partial charge in [-0.3, -0.25) is 14.6 Å². The van der Waals surface area contributed by atoms with E-state index in [0.717, 1.165) is 29.0 Å². The van der Waals surface area contributed by atoms with Crippen molar-refractivity contribution in [2.45, 2.75) is 26.2 Å². The average Bonchev–Trinajstić information content (AvgIpc) is 3.35. The van der Waals surface area contributed by atoms with Crippen molar-refractivity contribution in [2.75, 3.05) is 5.32 Å². The van der Waals surface area contributed by atoms with Crippen LogP contribution in [0.5, 0.6) is 0 Å². The highest BCUT2D eigenvalue weighted by molar-refractivity contribution is 7.17. The summed E-state index contributed by atoms with van der Waals surface area (Å²) in [5.74, 6) is 0.534. The monoisotopic (exact) mass is 376 g/mol. The van der Waals surface area contributed by atoms with Crippen molar-refractivity contribution in [3.05, 3.63) is 70.7 Å². The summed E-state index contributed by atoms with van der Waals surface area (Å²) < 4.78 is 0. The van der Waals surface area contributed by atoms with Crippen molar-refractivity contribution in [1.29, 1.82) is 0 Å². The first kappa shape index (κ1) is 17.6. The number of nitrogens with zero attached hydrogens (tertiary/aromatic N) is 1. The zero-order chi connectivity index (χ0) is 18.8. The van der Waals surface area contributed by atoms with Crippen LogP contribution >= 0.6 is 11.3 Å². The normalized spacial score (nSPS) is 13.4. The fourth-order valence-corrected chi connectivity index (χ4v) is 3.80. The van der Waals surface area contributed by atoms with Crippen LogP contribution in [0.15, 0.2) is 54.7 Å². The molecule has 0 radical (unpaired) electrons. The van der Waals surface area contributed by atoms with E-state index in [1.54, 1.807) is 18.3 Å². The molecule has 1 fully saturated rings. The molecule has 0 bridgehead atoms. The van der Waals surface area contributed by atoms with Crippen LogP contribution in [0, 0.1) is 12.8 Å². The van der Waals surface area contributed by atoms with Crippen LogP contribution in [-0.4, -0.2) is 16.7 Å². The van der Waals surface area contributed by atoms with Crippen LogP contribution in [0.1, 0.15) is 44.9 Å². The third kappa shape index (κ3) is 4.14. The van der Waals surface area contributed by atoms with E-state index in [2.05, 4.69) is 10.3 Å². The summed E-state index contributed by atoms with van der Waals surface area (Å²) in [4.78, 5) is 30.9. The molecular weight excluding hydrogens is 356 g/mol. The average molecular weight is 376 g/mol. The minimum atomic E-state index is -0.169. The van der Waals surface area contributed by atoms with Gasteiger partial charge in [0, 0.05) is 23.9 Å². The van der Waals surface area contributed by atoms with Gasteiger partial charge in [-0.25, -0.2) is 0 Å². The topological polar surface area (TPSA) is 59.1 Å². The second kappa shape index (κ2) is 7.45.